The SMILES string of the molecule is CCC(C)N(Cc1ccccc1)c1ccc(-n2cc(CC(=O)O)c3ccccc32)cc1. The van der Waals surface area contributed by atoms with Crippen LogP contribution in [0.1, 0.15) is 31.4 Å². The number of hydrogen-bond donors (Lipinski definition) is 1. The van der Waals surface area contributed by atoms with Crippen molar-refractivity contribution in [1.82, 2.24) is 4.57 Å². The Morgan fingerprint density at radius 1 is 0.968 bits per heavy atom. The van der Waals surface area contributed by atoms with Crippen LogP contribution < -0.4 is 4.90 Å². The highest BCUT2D eigenvalue weighted by atomic mass is 16.4. The Labute approximate surface area is 183 Å². The number of carboxylic acids is 1. The van der Waals surface area contributed by atoms with E-state index in [1.165, 1.54) is 11.3 Å². The summed E-state index contributed by atoms with van der Waals surface area (Å²) in [4.78, 5) is 13.7. The fourth-order valence-corrected chi connectivity index (χ4v) is 4.07. The molecule has 4 heteroatoms. The number of nitrogens with zero attached hydrogens (tertiary/aromatic N) is 2. The van der Waals surface area contributed by atoms with Crippen LogP contribution in [0.5, 0.6) is 0 Å². The molecule has 0 spiro atoms. The zero-order chi connectivity index (χ0) is 21.8. The molecule has 0 fully saturated rings. The second kappa shape index (κ2) is 9.09. The number of para-hydroxylation sites is 1. The number of carbonyl (C=O) groups is 1. The maximum absolute atomic E-state index is 11.3. The maximum Gasteiger partial charge on any atom is 0.307 e. The molecule has 1 aromatic heterocycles. The third-order valence-corrected chi connectivity index (χ3v) is 5.91. The molecule has 0 aliphatic rings. The molecule has 4 nitrogen and oxygen atoms in total. The molecule has 1 unspecified atom stereocenters. The molecule has 158 valence electrons. The van der Waals surface area contributed by atoms with Crippen LogP contribution >= 0.6 is 0 Å². The molecule has 0 saturated carbocycles. The van der Waals surface area contributed by atoms with Gasteiger partial charge in [-0.2, -0.15) is 0 Å². The van der Waals surface area contributed by atoms with Crippen LogP contribution in [0.3, 0.4) is 0 Å². The van der Waals surface area contributed by atoms with E-state index in [9.17, 15) is 9.90 Å². The molecule has 1 atom stereocenters. The monoisotopic (exact) mass is 412 g/mol. The summed E-state index contributed by atoms with van der Waals surface area (Å²) in [6, 6.07) is 27.5. The average molecular weight is 413 g/mol. The Morgan fingerprint density at radius 2 is 1.65 bits per heavy atom. The molecule has 0 radical (unpaired) electrons. The van der Waals surface area contributed by atoms with E-state index in [1.807, 2.05) is 36.5 Å². The lowest BCUT2D eigenvalue weighted by Gasteiger charge is -2.31. The van der Waals surface area contributed by atoms with E-state index < -0.39 is 5.97 Å². The van der Waals surface area contributed by atoms with Gasteiger partial charge in [-0.25, -0.2) is 0 Å². The summed E-state index contributed by atoms with van der Waals surface area (Å²) < 4.78 is 2.09. The smallest absolute Gasteiger partial charge is 0.307 e. The summed E-state index contributed by atoms with van der Waals surface area (Å²) >= 11 is 0. The molecule has 4 rings (SSSR count). The van der Waals surface area contributed by atoms with Gasteiger partial charge in [-0.3, -0.25) is 4.79 Å². The van der Waals surface area contributed by atoms with Crippen molar-refractivity contribution in [3.8, 4) is 5.69 Å². The van der Waals surface area contributed by atoms with E-state index in [4.69, 9.17) is 0 Å². The Morgan fingerprint density at radius 3 is 2.32 bits per heavy atom. The molecule has 31 heavy (non-hydrogen) atoms. The second-order valence-corrected chi connectivity index (χ2v) is 8.00. The van der Waals surface area contributed by atoms with Gasteiger partial charge in [0.15, 0.2) is 0 Å². The highest BCUT2D eigenvalue weighted by molar-refractivity contribution is 5.88. The van der Waals surface area contributed by atoms with Gasteiger partial charge in [-0.1, -0.05) is 55.5 Å². The van der Waals surface area contributed by atoms with Crippen LogP contribution in [0.4, 0.5) is 5.69 Å². The van der Waals surface area contributed by atoms with Crippen LogP contribution in [-0.4, -0.2) is 21.7 Å². The molecule has 0 aliphatic heterocycles. The Hall–Kier alpha value is -3.53. The van der Waals surface area contributed by atoms with Crippen molar-refractivity contribution in [2.75, 3.05) is 4.90 Å². The van der Waals surface area contributed by atoms with Gasteiger partial charge >= 0.3 is 5.97 Å². The summed E-state index contributed by atoms with van der Waals surface area (Å²) in [6.07, 6.45) is 3.03. The third kappa shape index (κ3) is 4.48. The maximum atomic E-state index is 11.3. The predicted molar refractivity (Wildman–Crippen MR) is 127 cm³/mol. The van der Waals surface area contributed by atoms with Gasteiger partial charge in [0.05, 0.1) is 11.9 Å². The van der Waals surface area contributed by atoms with Crippen LogP contribution in [-0.2, 0) is 17.8 Å². The third-order valence-electron chi connectivity index (χ3n) is 5.91. The van der Waals surface area contributed by atoms with Gasteiger partial charge in [0.2, 0.25) is 0 Å². The standard InChI is InChI=1S/C27H28N2O2/c1-3-20(2)28(18-21-9-5-4-6-10-21)23-13-15-24(16-14-23)29-19-22(17-27(30)31)25-11-7-8-12-26(25)29/h4-16,19-20H,3,17-18H2,1-2H3,(H,30,31). The number of fused-ring (bicyclic) bond motifs is 1. The van der Waals surface area contributed by atoms with Gasteiger partial charge in [-0.05, 0) is 54.8 Å². The van der Waals surface area contributed by atoms with Crippen molar-refractivity contribution in [3.05, 3.63) is 96.2 Å². The van der Waals surface area contributed by atoms with Gasteiger partial charge in [0, 0.05) is 35.5 Å². The van der Waals surface area contributed by atoms with Crippen molar-refractivity contribution < 1.29 is 9.90 Å². The minimum Gasteiger partial charge on any atom is -0.481 e. The summed E-state index contributed by atoms with van der Waals surface area (Å²) in [5.41, 5.74) is 5.36. The minimum atomic E-state index is -0.816. The van der Waals surface area contributed by atoms with Crippen molar-refractivity contribution in [2.45, 2.75) is 39.3 Å². The zero-order valence-corrected chi connectivity index (χ0v) is 18.0. The van der Waals surface area contributed by atoms with Crippen LogP contribution in [0, 0.1) is 0 Å². The lowest BCUT2D eigenvalue weighted by Crippen LogP contribution is -2.32. The first kappa shape index (κ1) is 20.7. The predicted octanol–water partition coefficient (Wildman–Crippen LogP) is 6.06. The fraction of sp³-hybridized carbons (Fsp3) is 0.222. The number of anilines is 1. The number of benzene rings is 3. The summed E-state index contributed by atoms with van der Waals surface area (Å²) in [7, 11) is 0. The van der Waals surface area contributed by atoms with Crippen molar-refractivity contribution in [3.63, 3.8) is 0 Å². The number of aliphatic carboxylic acids is 1. The lowest BCUT2D eigenvalue weighted by atomic mass is 10.1. The Balaban J connectivity index is 1.68. The van der Waals surface area contributed by atoms with Crippen LogP contribution in [0.15, 0.2) is 85.1 Å². The molecule has 0 amide bonds. The number of hydrogen-bond acceptors (Lipinski definition) is 2. The first-order valence-corrected chi connectivity index (χ1v) is 10.8. The van der Waals surface area contributed by atoms with E-state index in [2.05, 4.69) is 71.8 Å². The van der Waals surface area contributed by atoms with Crippen LogP contribution in [0.25, 0.3) is 16.6 Å². The van der Waals surface area contributed by atoms with Crippen molar-refractivity contribution >= 4 is 22.6 Å². The number of rotatable bonds is 8. The lowest BCUT2D eigenvalue weighted by molar-refractivity contribution is -0.136. The number of carboxylic acid groups (broad SMARTS) is 1. The second-order valence-electron chi connectivity index (χ2n) is 8.00. The molecule has 0 bridgehead atoms. The van der Waals surface area contributed by atoms with Crippen molar-refractivity contribution in [2.24, 2.45) is 0 Å². The quantitative estimate of drug-likeness (QED) is 0.382. The zero-order valence-electron chi connectivity index (χ0n) is 18.0. The molecular weight excluding hydrogens is 384 g/mol. The summed E-state index contributed by atoms with van der Waals surface area (Å²) in [5.74, 6) is -0.816. The van der Waals surface area contributed by atoms with Gasteiger partial charge in [0.1, 0.15) is 0 Å². The highest BCUT2D eigenvalue weighted by Crippen LogP contribution is 2.28. The van der Waals surface area contributed by atoms with Gasteiger partial charge in [-0.15, -0.1) is 0 Å². The average Bonchev–Trinajstić information content (AvgIpc) is 3.16. The van der Waals surface area contributed by atoms with Crippen LogP contribution in [0.2, 0.25) is 0 Å². The van der Waals surface area contributed by atoms with E-state index in [0.717, 1.165) is 35.1 Å². The fourth-order valence-electron chi connectivity index (χ4n) is 4.07. The van der Waals surface area contributed by atoms with E-state index >= 15 is 0 Å². The molecule has 3 aromatic carbocycles. The van der Waals surface area contributed by atoms with E-state index in [0.29, 0.717) is 6.04 Å². The largest absolute Gasteiger partial charge is 0.481 e. The van der Waals surface area contributed by atoms with Gasteiger partial charge in [0.25, 0.3) is 0 Å². The molecular formula is C27H28N2O2. The van der Waals surface area contributed by atoms with E-state index in [-0.39, 0.29) is 6.42 Å². The molecule has 4 aromatic rings. The highest BCUT2D eigenvalue weighted by Gasteiger charge is 2.15. The molecule has 1 N–H and O–H groups in total. The summed E-state index contributed by atoms with van der Waals surface area (Å²) in [5, 5.41) is 10.3. The van der Waals surface area contributed by atoms with Crippen molar-refractivity contribution in [1.29, 1.82) is 0 Å². The normalized spacial score (nSPS) is 12.1. The molecule has 1 heterocycles. The number of aromatic nitrogens is 1. The first-order valence-electron chi connectivity index (χ1n) is 10.8. The Kier molecular flexibility index (Phi) is 6.08. The molecule has 0 saturated heterocycles. The van der Waals surface area contributed by atoms with E-state index in [1.54, 1.807) is 0 Å². The van der Waals surface area contributed by atoms with Gasteiger partial charge < -0.3 is 14.6 Å². The molecule has 0 aliphatic carbocycles. The minimum absolute atomic E-state index is 0.0183. The summed E-state index contributed by atoms with van der Waals surface area (Å²) in [6.45, 7) is 5.34. The Bertz CT molecular complexity index is 1160. The topological polar surface area (TPSA) is 45.5 Å². The first-order chi connectivity index (χ1) is 15.1.